The van der Waals surface area contributed by atoms with Crippen LogP contribution in [0.25, 0.3) is 0 Å². The van der Waals surface area contributed by atoms with Crippen molar-refractivity contribution in [3.8, 4) is 0 Å². The SMILES string of the molecule is CC1(C)OB(c2ccc(N3CCC(c4cc(F)ccc4F)C3=O)cc2)OC1(C)C. The van der Waals surface area contributed by atoms with Crippen molar-refractivity contribution in [3.05, 3.63) is 59.7 Å². The summed E-state index contributed by atoms with van der Waals surface area (Å²) < 4.78 is 39.8. The molecule has 2 aromatic rings. The summed E-state index contributed by atoms with van der Waals surface area (Å²) in [5.41, 5.74) is 0.847. The summed E-state index contributed by atoms with van der Waals surface area (Å²) in [5, 5.41) is 0. The van der Waals surface area contributed by atoms with Gasteiger partial charge in [-0.05, 0) is 69.9 Å². The lowest BCUT2D eigenvalue weighted by atomic mass is 9.79. The predicted octanol–water partition coefficient (Wildman–Crippen LogP) is 3.78. The van der Waals surface area contributed by atoms with E-state index in [9.17, 15) is 13.6 Å². The predicted molar refractivity (Wildman–Crippen MR) is 108 cm³/mol. The number of carbonyl (C=O) groups is 1. The molecule has 1 amide bonds. The molecule has 2 fully saturated rings. The lowest BCUT2D eigenvalue weighted by molar-refractivity contribution is -0.118. The highest BCUT2D eigenvalue weighted by Crippen LogP contribution is 2.37. The maximum Gasteiger partial charge on any atom is 0.494 e. The van der Waals surface area contributed by atoms with Crippen molar-refractivity contribution in [1.29, 1.82) is 0 Å². The number of carbonyl (C=O) groups excluding carboxylic acids is 1. The molecule has 2 aromatic carbocycles. The zero-order valence-corrected chi connectivity index (χ0v) is 17.0. The van der Waals surface area contributed by atoms with Gasteiger partial charge in [-0.15, -0.1) is 0 Å². The minimum atomic E-state index is -0.673. The van der Waals surface area contributed by atoms with Crippen molar-refractivity contribution in [2.24, 2.45) is 0 Å². The third kappa shape index (κ3) is 3.47. The van der Waals surface area contributed by atoms with Crippen LogP contribution in [0.5, 0.6) is 0 Å². The molecule has 4 rings (SSSR count). The molecule has 0 N–H and O–H groups in total. The number of hydrogen-bond donors (Lipinski definition) is 0. The number of anilines is 1. The third-order valence-electron chi connectivity index (χ3n) is 6.27. The topological polar surface area (TPSA) is 38.8 Å². The molecule has 4 nitrogen and oxygen atoms in total. The van der Waals surface area contributed by atoms with Crippen LogP contribution >= 0.6 is 0 Å². The molecule has 2 aliphatic heterocycles. The quantitative estimate of drug-likeness (QED) is 0.738. The Bertz CT molecular complexity index is 930. The van der Waals surface area contributed by atoms with Crippen molar-refractivity contribution in [3.63, 3.8) is 0 Å². The molecule has 0 radical (unpaired) electrons. The summed E-state index contributed by atoms with van der Waals surface area (Å²) in [6.45, 7) is 8.44. The van der Waals surface area contributed by atoms with E-state index in [4.69, 9.17) is 9.31 Å². The van der Waals surface area contributed by atoms with Crippen LogP contribution in [0.2, 0.25) is 0 Å². The number of hydrogen-bond acceptors (Lipinski definition) is 3. The highest BCUT2D eigenvalue weighted by Gasteiger charge is 2.51. The van der Waals surface area contributed by atoms with Gasteiger partial charge in [0.1, 0.15) is 11.6 Å². The molecule has 0 aromatic heterocycles. The van der Waals surface area contributed by atoms with Crippen molar-refractivity contribution in [2.45, 2.75) is 51.2 Å². The lowest BCUT2D eigenvalue weighted by Gasteiger charge is -2.32. The second-order valence-electron chi connectivity index (χ2n) is 8.68. The molecule has 152 valence electrons. The number of nitrogens with zero attached hydrogens (tertiary/aromatic N) is 1. The Morgan fingerprint density at radius 2 is 1.62 bits per heavy atom. The molecule has 0 bridgehead atoms. The van der Waals surface area contributed by atoms with Crippen molar-refractivity contribution in [1.82, 2.24) is 0 Å². The van der Waals surface area contributed by atoms with E-state index in [1.165, 1.54) is 0 Å². The number of rotatable bonds is 3. The first-order chi connectivity index (χ1) is 13.6. The van der Waals surface area contributed by atoms with Crippen LogP contribution in [0, 0.1) is 11.6 Å². The van der Waals surface area contributed by atoms with Crippen molar-refractivity contribution >= 4 is 24.2 Å². The van der Waals surface area contributed by atoms with Gasteiger partial charge in [-0.1, -0.05) is 12.1 Å². The zero-order chi connectivity index (χ0) is 21.0. The Morgan fingerprint density at radius 1 is 1.00 bits per heavy atom. The van der Waals surface area contributed by atoms with Crippen LogP contribution in [-0.2, 0) is 14.1 Å². The summed E-state index contributed by atoms with van der Waals surface area (Å²) >= 11 is 0. The van der Waals surface area contributed by atoms with Gasteiger partial charge in [0.15, 0.2) is 0 Å². The van der Waals surface area contributed by atoms with Gasteiger partial charge in [0, 0.05) is 17.8 Å². The van der Waals surface area contributed by atoms with Gasteiger partial charge in [-0.25, -0.2) is 8.78 Å². The van der Waals surface area contributed by atoms with E-state index >= 15 is 0 Å². The van der Waals surface area contributed by atoms with Gasteiger partial charge in [-0.2, -0.15) is 0 Å². The molecule has 2 heterocycles. The molecular formula is C22H24BF2NO3. The van der Waals surface area contributed by atoms with Crippen LogP contribution in [0.15, 0.2) is 42.5 Å². The fraction of sp³-hybridized carbons (Fsp3) is 0.409. The molecule has 0 aliphatic carbocycles. The van der Waals surface area contributed by atoms with Crippen LogP contribution in [0.1, 0.15) is 45.6 Å². The Labute approximate surface area is 169 Å². The van der Waals surface area contributed by atoms with Gasteiger partial charge in [-0.3, -0.25) is 4.79 Å². The van der Waals surface area contributed by atoms with E-state index in [-0.39, 0.29) is 11.5 Å². The summed E-state index contributed by atoms with van der Waals surface area (Å²) in [5.74, 6) is -1.99. The van der Waals surface area contributed by atoms with Gasteiger partial charge >= 0.3 is 7.12 Å². The summed E-state index contributed by atoms with van der Waals surface area (Å²) in [6, 6.07) is 10.7. The monoisotopic (exact) mass is 399 g/mol. The minimum Gasteiger partial charge on any atom is -0.399 e. The fourth-order valence-corrected chi connectivity index (χ4v) is 3.80. The molecule has 2 aliphatic rings. The van der Waals surface area contributed by atoms with Gasteiger partial charge in [0.2, 0.25) is 5.91 Å². The Hall–Kier alpha value is -2.25. The smallest absolute Gasteiger partial charge is 0.399 e. The maximum absolute atomic E-state index is 14.1. The zero-order valence-electron chi connectivity index (χ0n) is 17.0. The highest BCUT2D eigenvalue weighted by atomic mass is 19.1. The second-order valence-corrected chi connectivity index (χ2v) is 8.68. The average Bonchev–Trinajstić information content (AvgIpc) is 3.13. The Morgan fingerprint density at radius 3 is 2.24 bits per heavy atom. The van der Waals surface area contributed by atoms with E-state index in [1.54, 1.807) is 4.90 Å². The normalized spacial score (nSPS) is 23.1. The summed E-state index contributed by atoms with van der Waals surface area (Å²) in [4.78, 5) is 14.5. The largest absolute Gasteiger partial charge is 0.494 e. The van der Waals surface area contributed by atoms with E-state index < -0.39 is 35.9 Å². The van der Waals surface area contributed by atoms with Crippen molar-refractivity contribution < 1.29 is 22.9 Å². The Balaban J connectivity index is 1.52. The van der Waals surface area contributed by atoms with Gasteiger partial charge < -0.3 is 14.2 Å². The third-order valence-corrected chi connectivity index (χ3v) is 6.27. The Kier molecular flexibility index (Phi) is 4.78. The van der Waals surface area contributed by atoms with Gasteiger partial charge in [0.25, 0.3) is 0 Å². The molecule has 0 spiro atoms. The van der Waals surface area contributed by atoms with Crippen LogP contribution in [0.4, 0.5) is 14.5 Å². The molecular weight excluding hydrogens is 375 g/mol. The second kappa shape index (κ2) is 6.92. The number of benzene rings is 2. The highest BCUT2D eigenvalue weighted by molar-refractivity contribution is 6.62. The standard InChI is InChI=1S/C22H24BF2NO3/c1-21(2)22(3,4)29-23(28-21)14-5-8-16(9-6-14)26-12-11-17(20(26)27)18-13-15(24)7-10-19(18)25/h5-10,13,17H,11-12H2,1-4H3. The molecule has 0 saturated carbocycles. The van der Waals surface area contributed by atoms with Crippen molar-refractivity contribution in [2.75, 3.05) is 11.4 Å². The fourth-order valence-electron chi connectivity index (χ4n) is 3.80. The maximum atomic E-state index is 14.1. The first-order valence-electron chi connectivity index (χ1n) is 9.81. The van der Waals surface area contributed by atoms with Crippen LogP contribution in [-0.4, -0.2) is 30.8 Å². The minimum absolute atomic E-state index is 0.117. The number of halogens is 2. The molecule has 1 unspecified atom stereocenters. The van der Waals surface area contributed by atoms with E-state index in [1.807, 2.05) is 52.0 Å². The van der Waals surface area contributed by atoms with Crippen LogP contribution < -0.4 is 10.4 Å². The van der Waals surface area contributed by atoms with E-state index in [2.05, 4.69) is 0 Å². The molecule has 29 heavy (non-hydrogen) atoms. The van der Waals surface area contributed by atoms with E-state index in [0.717, 1.165) is 29.3 Å². The summed E-state index contributed by atoms with van der Waals surface area (Å²) in [7, 11) is -0.475. The molecule has 7 heteroatoms. The van der Waals surface area contributed by atoms with E-state index in [0.29, 0.717) is 13.0 Å². The van der Waals surface area contributed by atoms with Crippen LogP contribution in [0.3, 0.4) is 0 Å². The molecule has 1 atom stereocenters. The average molecular weight is 399 g/mol. The van der Waals surface area contributed by atoms with Gasteiger partial charge in [0.05, 0.1) is 17.1 Å². The first-order valence-corrected chi connectivity index (χ1v) is 9.81. The number of amides is 1. The first kappa shape index (κ1) is 20.0. The molecule has 2 saturated heterocycles. The summed E-state index contributed by atoms with van der Waals surface area (Å²) in [6.07, 6.45) is 0.443. The lowest BCUT2D eigenvalue weighted by Crippen LogP contribution is -2.41.